The van der Waals surface area contributed by atoms with Crippen LogP contribution in [0.4, 0.5) is 6.01 Å². The zero-order chi connectivity index (χ0) is 24.7. The number of aliphatic carboxylic acids is 1. The van der Waals surface area contributed by atoms with Gasteiger partial charge in [-0.05, 0) is 11.4 Å². The number of carbonyl (C=O) groups is 3. The molecule has 15 heteroatoms. The highest BCUT2D eigenvalue weighted by atomic mass is 32.2. The molecule has 2 atom stereocenters. The lowest BCUT2D eigenvalue weighted by molar-refractivity contribution is -0.687. The van der Waals surface area contributed by atoms with Gasteiger partial charge in [-0.3, -0.25) is 14.5 Å². The largest absolute Gasteiger partial charge is 0.477 e. The van der Waals surface area contributed by atoms with Gasteiger partial charge >= 0.3 is 12.0 Å². The van der Waals surface area contributed by atoms with Gasteiger partial charge in [0.25, 0.3) is 11.8 Å². The van der Waals surface area contributed by atoms with Gasteiger partial charge in [0, 0.05) is 22.8 Å². The van der Waals surface area contributed by atoms with E-state index in [2.05, 4.69) is 30.0 Å². The van der Waals surface area contributed by atoms with E-state index < -0.39 is 29.2 Å². The van der Waals surface area contributed by atoms with Crippen molar-refractivity contribution in [3.63, 3.8) is 0 Å². The number of thiophene rings is 1. The SMILES string of the molecule is CON=C(C(=O)NC1C(=O)N2C(C(=O)O)=C(C[n+]3ccc4ccsc4c3)CS[C@@H]12)c1noc(N)n1. The number of β-lactam (4-membered cyclic amide) rings is 1. The van der Waals surface area contributed by atoms with Crippen LogP contribution in [0.3, 0.4) is 0 Å². The third-order valence-electron chi connectivity index (χ3n) is 5.42. The van der Waals surface area contributed by atoms with Gasteiger partial charge in [0.1, 0.15) is 24.2 Å². The number of fused-ring (bicyclic) bond motifs is 2. The Morgan fingerprint density at radius 2 is 2.29 bits per heavy atom. The van der Waals surface area contributed by atoms with Crippen LogP contribution < -0.4 is 15.6 Å². The van der Waals surface area contributed by atoms with Crippen LogP contribution >= 0.6 is 23.1 Å². The maximum atomic E-state index is 13.0. The maximum absolute atomic E-state index is 13.0. The van der Waals surface area contributed by atoms with Crippen LogP contribution in [0.1, 0.15) is 5.82 Å². The Balaban J connectivity index is 1.36. The van der Waals surface area contributed by atoms with E-state index in [1.807, 2.05) is 34.5 Å². The average molecular weight is 517 g/mol. The highest BCUT2D eigenvalue weighted by molar-refractivity contribution is 8.00. The molecule has 5 rings (SSSR count). The molecule has 4 N–H and O–H groups in total. The number of oxime groups is 1. The first-order valence-corrected chi connectivity index (χ1v) is 12.1. The fourth-order valence-corrected chi connectivity index (χ4v) is 6.05. The van der Waals surface area contributed by atoms with Gasteiger partial charge < -0.3 is 25.5 Å². The Bertz CT molecular complexity index is 1410. The molecule has 0 bridgehead atoms. The summed E-state index contributed by atoms with van der Waals surface area (Å²) < 4.78 is 7.63. The number of carboxylic acids is 1. The summed E-state index contributed by atoms with van der Waals surface area (Å²) in [5.41, 5.74) is 5.59. The van der Waals surface area contributed by atoms with Crippen molar-refractivity contribution in [2.45, 2.75) is 18.0 Å². The molecule has 2 amide bonds. The zero-order valence-corrected chi connectivity index (χ0v) is 19.7. The molecular weight excluding hydrogens is 498 g/mol. The molecule has 0 aromatic carbocycles. The zero-order valence-electron chi connectivity index (χ0n) is 18.1. The monoisotopic (exact) mass is 516 g/mol. The van der Waals surface area contributed by atoms with Gasteiger partial charge in [0.05, 0.1) is 4.70 Å². The number of aromatic nitrogens is 3. The summed E-state index contributed by atoms with van der Waals surface area (Å²) in [6.45, 7) is 0.319. The van der Waals surface area contributed by atoms with Crippen LogP contribution in [0.25, 0.3) is 10.1 Å². The first-order valence-electron chi connectivity index (χ1n) is 10.1. The van der Waals surface area contributed by atoms with Crippen molar-refractivity contribution in [3.8, 4) is 0 Å². The van der Waals surface area contributed by atoms with Crippen molar-refractivity contribution in [2.24, 2.45) is 5.16 Å². The quantitative estimate of drug-likeness (QED) is 0.167. The van der Waals surface area contributed by atoms with Crippen LogP contribution in [0.15, 0.2) is 50.9 Å². The topological polar surface area (TPSA) is 177 Å². The number of carboxylic acid groups (broad SMARTS) is 1. The Kier molecular flexibility index (Phi) is 5.86. The Hall–Kier alpha value is -3.98. The van der Waals surface area contributed by atoms with Crippen molar-refractivity contribution in [2.75, 3.05) is 18.6 Å². The van der Waals surface area contributed by atoms with E-state index in [0.717, 1.165) is 10.1 Å². The smallest absolute Gasteiger partial charge is 0.352 e. The molecular formula is C20H18N7O6S2+. The standard InChI is InChI=1S/C20H17N7O6S2/c1-32-24-12(15-23-20(21)33-25-15)16(28)22-13-17(29)27-14(19(30)31)10(8-35-18(13)27)6-26-4-2-9-3-5-34-11(9)7-26/h2-5,7,13,18H,6,8H2,1H3,(H3-,21,22,23,25,28,30,31)/p+1/t13?,18-/m0/s1. The number of rotatable bonds is 7. The first kappa shape index (κ1) is 22.8. The van der Waals surface area contributed by atoms with E-state index in [1.165, 1.54) is 23.8 Å². The summed E-state index contributed by atoms with van der Waals surface area (Å²) in [5, 5.41) is 22.1. The lowest BCUT2D eigenvalue weighted by Crippen LogP contribution is -2.71. The number of pyridine rings is 1. The highest BCUT2D eigenvalue weighted by Gasteiger charge is 2.55. The van der Waals surface area contributed by atoms with E-state index in [9.17, 15) is 19.5 Å². The summed E-state index contributed by atoms with van der Waals surface area (Å²) in [5.74, 6) is -2.38. The van der Waals surface area contributed by atoms with E-state index >= 15 is 0 Å². The van der Waals surface area contributed by atoms with Gasteiger partial charge in [-0.1, -0.05) is 10.3 Å². The molecule has 0 radical (unpaired) electrons. The third-order valence-corrected chi connectivity index (χ3v) is 7.62. The lowest BCUT2D eigenvalue weighted by Gasteiger charge is -2.49. The number of amides is 2. The Morgan fingerprint density at radius 1 is 1.46 bits per heavy atom. The number of nitrogens with zero attached hydrogens (tertiary/aromatic N) is 5. The number of nitrogens with one attached hydrogen (secondary N) is 1. The maximum Gasteiger partial charge on any atom is 0.352 e. The fourth-order valence-electron chi connectivity index (χ4n) is 3.88. The molecule has 2 aliphatic heterocycles. The second-order valence-electron chi connectivity index (χ2n) is 7.55. The Labute approximate surface area is 205 Å². The van der Waals surface area contributed by atoms with Gasteiger partial charge in [0.2, 0.25) is 11.5 Å². The predicted molar refractivity (Wildman–Crippen MR) is 124 cm³/mol. The summed E-state index contributed by atoms with van der Waals surface area (Å²) in [4.78, 5) is 47.5. The molecule has 3 aromatic heterocycles. The van der Waals surface area contributed by atoms with Crippen molar-refractivity contribution in [1.29, 1.82) is 0 Å². The number of anilines is 1. The predicted octanol–water partition coefficient (Wildman–Crippen LogP) is -0.0567. The van der Waals surface area contributed by atoms with Gasteiger partial charge in [-0.25, -0.2) is 4.79 Å². The van der Waals surface area contributed by atoms with Crippen LogP contribution in [0.5, 0.6) is 0 Å². The molecule has 0 spiro atoms. The molecule has 3 aromatic rings. The summed E-state index contributed by atoms with van der Waals surface area (Å²) >= 11 is 2.95. The minimum absolute atomic E-state index is 0.0697. The third kappa shape index (κ3) is 4.08. The van der Waals surface area contributed by atoms with Crippen molar-refractivity contribution in [3.05, 3.63) is 47.0 Å². The summed E-state index contributed by atoms with van der Waals surface area (Å²) in [6.07, 6.45) is 3.83. The van der Waals surface area contributed by atoms with Gasteiger partial charge in [-0.2, -0.15) is 9.55 Å². The van der Waals surface area contributed by atoms with Gasteiger partial charge in [-0.15, -0.1) is 23.1 Å². The second kappa shape index (κ2) is 8.99. The van der Waals surface area contributed by atoms with Crippen LogP contribution in [0.2, 0.25) is 0 Å². The molecule has 0 aliphatic carbocycles. The fraction of sp³-hybridized carbons (Fsp3) is 0.250. The molecule has 180 valence electrons. The molecule has 2 aliphatic rings. The number of hydrogen-bond donors (Lipinski definition) is 3. The molecule has 13 nitrogen and oxygen atoms in total. The lowest BCUT2D eigenvalue weighted by atomic mass is 10.0. The van der Waals surface area contributed by atoms with Gasteiger partial charge in [0.15, 0.2) is 18.9 Å². The second-order valence-corrected chi connectivity index (χ2v) is 9.61. The number of nitrogens with two attached hydrogens (primary N) is 1. The normalized spacial score (nSPS) is 20.0. The first-order chi connectivity index (χ1) is 16.9. The average Bonchev–Trinajstić information content (AvgIpc) is 3.48. The summed E-state index contributed by atoms with van der Waals surface area (Å²) in [7, 11) is 1.23. The molecule has 1 unspecified atom stereocenters. The van der Waals surface area contributed by atoms with Crippen LogP contribution in [0, 0.1) is 0 Å². The van der Waals surface area contributed by atoms with Crippen molar-refractivity contribution < 1.29 is 33.4 Å². The minimum Gasteiger partial charge on any atom is -0.477 e. The van der Waals surface area contributed by atoms with E-state index in [-0.39, 0.29) is 23.2 Å². The number of nitrogen functional groups attached to an aromatic ring is 1. The Morgan fingerprint density at radius 3 is 3.00 bits per heavy atom. The molecule has 1 saturated heterocycles. The molecule has 35 heavy (non-hydrogen) atoms. The van der Waals surface area contributed by atoms with E-state index in [1.54, 1.807) is 11.3 Å². The number of thioether (sulfide) groups is 1. The molecule has 5 heterocycles. The van der Waals surface area contributed by atoms with Crippen molar-refractivity contribution >= 4 is 62.7 Å². The van der Waals surface area contributed by atoms with Crippen molar-refractivity contribution in [1.82, 2.24) is 20.4 Å². The molecule has 0 saturated carbocycles. The van der Waals surface area contributed by atoms with E-state index in [4.69, 9.17) is 5.73 Å². The van der Waals surface area contributed by atoms with Crippen LogP contribution in [-0.2, 0) is 25.8 Å². The summed E-state index contributed by atoms with van der Waals surface area (Å²) in [6, 6.07) is 2.73. The minimum atomic E-state index is -1.20. The number of hydrogen-bond acceptors (Lipinski definition) is 11. The van der Waals surface area contributed by atoms with E-state index in [0.29, 0.717) is 17.9 Å². The van der Waals surface area contributed by atoms with Crippen LogP contribution in [-0.4, -0.2) is 67.9 Å². The number of carbonyl (C=O) groups excluding carboxylic acids is 2. The highest BCUT2D eigenvalue weighted by Crippen LogP contribution is 2.40. The molecule has 1 fully saturated rings.